The maximum absolute atomic E-state index is 10.6. The fourth-order valence-corrected chi connectivity index (χ4v) is 1.63. The minimum Gasteiger partial charge on any atom is -0.358 e. The van der Waals surface area contributed by atoms with Gasteiger partial charge in [0.25, 0.3) is 0 Å². The second kappa shape index (κ2) is 7.43. The van der Waals surface area contributed by atoms with Gasteiger partial charge in [-0.15, -0.1) is 11.6 Å². The minimum atomic E-state index is -0.397. The van der Waals surface area contributed by atoms with E-state index in [2.05, 4.69) is 5.32 Å². The van der Waals surface area contributed by atoms with E-state index in [0.717, 1.165) is 5.75 Å². The molecule has 0 saturated heterocycles. The van der Waals surface area contributed by atoms with Gasteiger partial charge in [-0.25, -0.2) is 0 Å². The molecule has 0 heterocycles. The van der Waals surface area contributed by atoms with Crippen LogP contribution in [0.3, 0.4) is 0 Å². The summed E-state index contributed by atoms with van der Waals surface area (Å²) >= 11 is 7.22. The first-order valence-electron chi connectivity index (χ1n) is 3.57. The normalized spacial score (nSPS) is 12.2. The molecule has 1 N–H and O–H groups in total. The third kappa shape index (κ3) is 6.49. The molecule has 1 unspecified atom stereocenters. The van der Waals surface area contributed by atoms with Gasteiger partial charge >= 0.3 is 0 Å². The first kappa shape index (κ1) is 11.8. The van der Waals surface area contributed by atoms with Gasteiger partial charge in [-0.3, -0.25) is 9.59 Å². The van der Waals surface area contributed by atoms with Crippen molar-refractivity contribution in [2.75, 3.05) is 18.1 Å². The molecule has 70 valence electrons. The fraction of sp³-hybridized carbons (Fsp3) is 0.714. The van der Waals surface area contributed by atoms with Crippen LogP contribution in [-0.4, -0.2) is 35.6 Å². The van der Waals surface area contributed by atoms with Gasteiger partial charge in [0, 0.05) is 18.1 Å². The Morgan fingerprint density at radius 3 is 2.92 bits per heavy atom. The molecule has 0 rings (SSSR count). The van der Waals surface area contributed by atoms with E-state index in [-0.39, 0.29) is 5.78 Å². The number of amides is 1. The van der Waals surface area contributed by atoms with Gasteiger partial charge < -0.3 is 5.32 Å². The van der Waals surface area contributed by atoms with Gasteiger partial charge in [0.2, 0.25) is 6.41 Å². The van der Waals surface area contributed by atoms with E-state index < -0.39 is 5.38 Å². The third-order valence-corrected chi connectivity index (χ3v) is 2.89. The summed E-state index contributed by atoms with van der Waals surface area (Å²) in [5.41, 5.74) is 0. The van der Waals surface area contributed by atoms with Crippen molar-refractivity contribution in [1.29, 1.82) is 0 Å². The lowest BCUT2D eigenvalue weighted by Gasteiger charge is -2.03. The number of nitrogens with one attached hydrogen (secondary N) is 1. The predicted molar refractivity (Wildman–Crippen MR) is 51.7 cm³/mol. The maximum atomic E-state index is 10.6. The van der Waals surface area contributed by atoms with Gasteiger partial charge in [0.15, 0.2) is 0 Å². The van der Waals surface area contributed by atoms with Crippen molar-refractivity contribution in [3.8, 4) is 0 Å². The van der Waals surface area contributed by atoms with Crippen LogP contribution in [0, 0.1) is 0 Å². The van der Waals surface area contributed by atoms with Gasteiger partial charge in [-0.05, 0) is 6.92 Å². The molecule has 0 radical (unpaired) electrons. The standard InChI is InChI=1S/C7H12ClNO2S/c1-6(11)7(8)4-12-3-2-9-5-10/h5,7H,2-4H2,1H3,(H,9,10). The molecule has 3 nitrogen and oxygen atoms in total. The highest BCUT2D eigenvalue weighted by Gasteiger charge is 2.08. The van der Waals surface area contributed by atoms with Crippen molar-refractivity contribution in [3.63, 3.8) is 0 Å². The largest absolute Gasteiger partial charge is 0.358 e. The summed E-state index contributed by atoms with van der Waals surface area (Å²) < 4.78 is 0. The first-order chi connectivity index (χ1) is 5.68. The molecule has 12 heavy (non-hydrogen) atoms. The molecule has 0 aromatic heterocycles. The summed E-state index contributed by atoms with van der Waals surface area (Å²) in [6, 6.07) is 0. The van der Waals surface area contributed by atoms with E-state index in [1.807, 2.05) is 0 Å². The number of Topliss-reactive ketones (excluding diaryl/α,β-unsaturated/α-hetero) is 1. The summed E-state index contributed by atoms with van der Waals surface area (Å²) in [5.74, 6) is 1.39. The summed E-state index contributed by atoms with van der Waals surface area (Å²) in [6.07, 6.45) is 0.656. The van der Waals surface area contributed by atoms with Crippen molar-refractivity contribution in [2.45, 2.75) is 12.3 Å². The lowest BCUT2D eigenvalue weighted by molar-refractivity contribution is -0.116. The number of alkyl halides is 1. The summed E-state index contributed by atoms with van der Waals surface area (Å²) in [6.45, 7) is 2.09. The molecule has 0 fully saturated rings. The van der Waals surface area contributed by atoms with Crippen molar-refractivity contribution in [1.82, 2.24) is 5.32 Å². The van der Waals surface area contributed by atoms with Crippen LogP contribution in [0.4, 0.5) is 0 Å². The molecule has 1 amide bonds. The highest BCUT2D eigenvalue weighted by Crippen LogP contribution is 2.07. The van der Waals surface area contributed by atoms with E-state index in [1.165, 1.54) is 6.92 Å². The Kier molecular flexibility index (Phi) is 7.29. The van der Waals surface area contributed by atoms with Crippen LogP contribution < -0.4 is 5.32 Å². The molecule has 0 aromatic rings. The fourth-order valence-electron chi connectivity index (χ4n) is 0.494. The number of thioether (sulfide) groups is 1. The van der Waals surface area contributed by atoms with Crippen LogP contribution in [0.2, 0.25) is 0 Å². The van der Waals surface area contributed by atoms with Crippen molar-refractivity contribution >= 4 is 35.6 Å². The van der Waals surface area contributed by atoms with E-state index in [0.29, 0.717) is 18.7 Å². The number of carbonyl (C=O) groups excluding carboxylic acids is 2. The number of ketones is 1. The summed E-state index contributed by atoms with van der Waals surface area (Å²) in [7, 11) is 0. The Morgan fingerprint density at radius 2 is 2.42 bits per heavy atom. The van der Waals surface area contributed by atoms with Crippen molar-refractivity contribution < 1.29 is 9.59 Å². The van der Waals surface area contributed by atoms with Gasteiger partial charge in [-0.2, -0.15) is 11.8 Å². The van der Waals surface area contributed by atoms with E-state index in [4.69, 9.17) is 11.6 Å². The van der Waals surface area contributed by atoms with Crippen LogP contribution in [0.15, 0.2) is 0 Å². The zero-order chi connectivity index (χ0) is 9.40. The zero-order valence-electron chi connectivity index (χ0n) is 6.88. The Balaban J connectivity index is 3.19. The molecular weight excluding hydrogens is 198 g/mol. The third-order valence-electron chi connectivity index (χ3n) is 1.18. The quantitative estimate of drug-likeness (QED) is 0.381. The second-order valence-electron chi connectivity index (χ2n) is 2.23. The lowest BCUT2D eigenvalue weighted by Crippen LogP contribution is -2.17. The molecule has 1 atom stereocenters. The molecule has 0 aliphatic heterocycles. The maximum Gasteiger partial charge on any atom is 0.207 e. The molecule has 0 saturated carbocycles. The SMILES string of the molecule is CC(=O)C(Cl)CSCCNC=O. The molecule has 0 bridgehead atoms. The molecule has 5 heteroatoms. The number of halogens is 1. The van der Waals surface area contributed by atoms with Crippen molar-refractivity contribution in [2.24, 2.45) is 0 Å². The van der Waals surface area contributed by atoms with Crippen LogP contribution in [0.5, 0.6) is 0 Å². The average molecular weight is 210 g/mol. The zero-order valence-corrected chi connectivity index (χ0v) is 8.45. The molecule has 0 aromatic carbocycles. The van der Waals surface area contributed by atoms with Crippen LogP contribution in [-0.2, 0) is 9.59 Å². The number of rotatable bonds is 7. The smallest absolute Gasteiger partial charge is 0.207 e. The lowest BCUT2D eigenvalue weighted by atomic mass is 10.3. The van der Waals surface area contributed by atoms with E-state index in [1.54, 1.807) is 11.8 Å². The van der Waals surface area contributed by atoms with Gasteiger partial charge in [0.05, 0.1) is 0 Å². The number of hydrogen-bond acceptors (Lipinski definition) is 3. The number of hydrogen-bond donors (Lipinski definition) is 1. The Hall–Kier alpha value is -0.220. The average Bonchev–Trinajstić information content (AvgIpc) is 2.03. The van der Waals surface area contributed by atoms with E-state index >= 15 is 0 Å². The predicted octanol–water partition coefficient (Wildman–Crippen LogP) is 0.662. The molecule has 0 spiro atoms. The monoisotopic (exact) mass is 209 g/mol. The Labute approximate surface area is 81.2 Å². The minimum absolute atomic E-state index is 0.00693. The van der Waals surface area contributed by atoms with E-state index in [9.17, 15) is 9.59 Å². The summed E-state index contributed by atoms with van der Waals surface area (Å²) in [5, 5.41) is 2.12. The van der Waals surface area contributed by atoms with Gasteiger partial charge in [0.1, 0.15) is 11.2 Å². The Bertz CT molecular complexity index is 154. The molecular formula is C7H12ClNO2S. The van der Waals surface area contributed by atoms with Crippen LogP contribution in [0.25, 0.3) is 0 Å². The molecule has 0 aliphatic rings. The van der Waals surface area contributed by atoms with Crippen molar-refractivity contribution in [3.05, 3.63) is 0 Å². The highest BCUT2D eigenvalue weighted by molar-refractivity contribution is 7.99. The summed E-state index contributed by atoms with van der Waals surface area (Å²) in [4.78, 5) is 20.5. The van der Waals surface area contributed by atoms with Gasteiger partial charge in [-0.1, -0.05) is 0 Å². The van der Waals surface area contributed by atoms with Crippen LogP contribution in [0.1, 0.15) is 6.92 Å². The number of carbonyl (C=O) groups is 2. The second-order valence-corrected chi connectivity index (χ2v) is 3.90. The molecule has 0 aliphatic carbocycles. The first-order valence-corrected chi connectivity index (χ1v) is 5.17. The van der Waals surface area contributed by atoms with Crippen LogP contribution >= 0.6 is 23.4 Å². The Morgan fingerprint density at radius 1 is 1.75 bits per heavy atom. The topological polar surface area (TPSA) is 46.2 Å². The highest BCUT2D eigenvalue weighted by atomic mass is 35.5.